The van der Waals surface area contributed by atoms with Crippen molar-refractivity contribution in [3.63, 3.8) is 0 Å². The van der Waals surface area contributed by atoms with Crippen LogP contribution in [0.2, 0.25) is 0 Å². The molecule has 1 heterocycles. The summed E-state index contributed by atoms with van der Waals surface area (Å²) in [5.74, 6) is -3.00. The predicted octanol–water partition coefficient (Wildman–Crippen LogP) is 1.92. The first kappa shape index (κ1) is 22.4. The van der Waals surface area contributed by atoms with Crippen molar-refractivity contribution in [1.82, 2.24) is 0 Å². The van der Waals surface area contributed by atoms with Crippen molar-refractivity contribution >= 4 is 40.8 Å². The minimum absolute atomic E-state index is 0.00452. The number of non-ortho nitro benzene ring substituents is 1. The van der Waals surface area contributed by atoms with Crippen LogP contribution >= 0.6 is 0 Å². The Morgan fingerprint density at radius 2 is 1.91 bits per heavy atom. The molecule has 2 aromatic rings. The van der Waals surface area contributed by atoms with Crippen molar-refractivity contribution in [1.29, 1.82) is 0 Å². The number of esters is 2. The lowest BCUT2D eigenvalue weighted by atomic mass is 10.1. The van der Waals surface area contributed by atoms with Crippen LogP contribution in [0.5, 0.6) is 0 Å². The second-order valence-corrected chi connectivity index (χ2v) is 6.91. The molecule has 0 aliphatic carbocycles. The van der Waals surface area contributed by atoms with Crippen LogP contribution in [-0.2, 0) is 23.9 Å². The van der Waals surface area contributed by atoms with Gasteiger partial charge in [-0.15, -0.1) is 0 Å². The Morgan fingerprint density at radius 1 is 1.19 bits per heavy atom. The van der Waals surface area contributed by atoms with E-state index in [1.807, 2.05) is 0 Å². The average molecular weight is 441 g/mol. The van der Waals surface area contributed by atoms with Crippen molar-refractivity contribution in [3.05, 3.63) is 64.2 Å². The number of methoxy groups -OCH3 is 1. The highest BCUT2D eigenvalue weighted by atomic mass is 16.6. The number of anilines is 2. The SMILES string of the molecule is COC(=O)c1ccc(NC(=O)COC(=O)[C@H]2CC(=O)N(c3cccc([N+](=O)[O-])c3)C2)cc1. The second kappa shape index (κ2) is 9.69. The number of nitro groups is 1. The third kappa shape index (κ3) is 5.25. The van der Waals surface area contributed by atoms with Gasteiger partial charge in [-0.25, -0.2) is 4.79 Å². The molecule has 166 valence electrons. The quantitative estimate of drug-likeness (QED) is 0.390. The van der Waals surface area contributed by atoms with Crippen LogP contribution < -0.4 is 10.2 Å². The van der Waals surface area contributed by atoms with Gasteiger partial charge in [-0.2, -0.15) is 0 Å². The number of nitro benzene ring substituents is 1. The Morgan fingerprint density at radius 3 is 2.56 bits per heavy atom. The lowest BCUT2D eigenvalue weighted by Gasteiger charge is -2.16. The van der Waals surface area contributed by atoms with E-state index in [4.69, 9.17) is 4.74 Å². The highest BCUT2D eigenvalue weighted by Gasteiger charge is 2.36. The Balaban J connectivity index is 1.52. The molecule has 3 rings (SSSR count). The van der Waals surface area contributed by atoms with Crippen molar-refractivity contribution in [2.75, 3.05) is 30.5 Å². The largest absolute Gasteiger partial charge is 0.465 e. The van der Waals surface area contributed by atoms with Gasteiger partial charge < -0.3 is 19.7 Å². The Hall–Kier alpha value is -4.28. The van der Waals surface area contributed by atoms with Gasteiger partial charge in [0, 0.05) is 30.8 Å². The van der Waals surface area contributed by atoms with Crippen molar-refractivity contribution in [2.24, 2.45) is 5.92 Å². The molecule has 0 aromatic heterocycles. The summed E-state index contributed by atoms with van der Waals surface area (Å²) >= 11 is 0. The lowest BCUT2D eigenvalue weighted by molar-refractivity contribution is -0.384. The lowest BCUT2D eigenvalue weighted by Crippen LogP contribution is -2.28. The molecule has 1 atom stereocenters. The van der Waals surface area contributed by atoms with Crippen LogP contribution in [0.1, 0.15) is 16.8 Å². The van der Waals surface area contributed by atoms with Crippen molar-refractivity contribution in [2.45, 2.75) is 6.42 Å². The van der Waals surface area contributed by atoms with Crippen LogP contribution in [0, 0.1) is 16.0 Å². The van der Waals surface area contributed by atoms with Gasteiger partial charge >= 0.3 is 11.9 Å². The van der Waals surface area contributed by atoms with E-state index in [1.165, 1.54) is 60.5 Å². The summed E-state index contributed by atoms with van der Waals surface area (Å²) in [6.07, 6.45) is -0.127. The van der Waals surface area contributed by atoms with E-state index in [2.05, 4.69) is 10.1 Å². The number of nitrogens with one attached hydrogen (secondary N) is 1. The van der Waals surface area contributed by atoms with E-state index in [1.54, 1.807) is 0 Å². The van der Waals surface area contributed by atoms with Crippen molar-refractivity contribution < 1.29 is 33.6 Å². The monoisotopic (exact) mass is 441 g/mol. The fraction of sp³-hybridized carbons (Fsp3) is 0.238. The highest BCUT2D eigenvalue weighted by molar-refractivity contribution is 6.00. The molecule has 0 saturated carbocycles. The Labute approximate surface area is 182 Å². The van der Waals surface area contributed by atoms with Gasteiger partial charge in [0.1, 0.15) is 0 Å². The number of amides is 2. The molecule has 0 spiro atoms. The summed E-state index contributed by atoms with van der Waals surface area (Å²) in [5, 5.41) is 13.5. The highest BCUT2D eigenvalue weighted by Crippen LogP contribution is 2.28. The topological polar surface area (TPSA) is 145 Å². The molecule has 1 aliphatic rings. The molecule has 32 heavy (non-hydrogen) atoms. The number of hydrogen-bond acceptors (Lipinski definition) is 8. The third-order valence-corrected chi connectivity index (χ3v) is 4.75. The summed E-state index contributed by atoms with van der Waals surface area (Å²) in [6, 6.07) is 11.5. The van der Waals surface area contributed by atoms with Crippen molar-refractivity contribution in [3.8, 4) is 0 Å². The fourth-order valence-electron chi connectivity index (χ4n) is 3.15. The summed E-state index contributed by atoms with van der Waals surface area (Å²) in [7, 11) is 1.26. The standard InChI is InChI=1S/C21H19N3O8/c1-31-20(27)13-5-7-15(8-6-13)22-18(25)12-32-21(28)14-9-19(26)23(11-14)16-3-2-4-17(10-16)24(29)30/h2-8,10,14H,9,11-12H2,1H3,(H,22,25)/t14-/m0/s1. The summed E-state index contributed by atoms with van der Waals surface area (Å²) in [4.78, 5) is 59.7. The molecule has 1 N–H and O–H groups in total. The van der Waals surface area contributed by atoms with Crippen LogP contribution in [0.4, 0.5) is 17.1 Å². The van der Waals surface area contributed by atoms with E-state index >= 15 is 0 Å². The summed E-state index contributed by atoms with van der Waals surface area (Å²) < 4.78 is 9.61. The zero-order chi connectivity index (χ0) is 23.3. The minimum Gasteiger partial charge on any atom is -0.465 e. The smallest absolute Gasteiger partial charge is 0.337 e. The molecular formula is C21H19N3O8. The molecule has 0 radical (unpaired) electrons. The van der Waals surface area contributed by atoms with Crippen LogP contribution in [0.15, 0.2) is 48.5 Å². The number of carbonyl (C=O) groups excluding carboxylic acids is 4. The maximum atomic E-state index is 12.3. The van der Waals surface area contributed by atoms with Gasteiger partial charge in [0.2, 0.25) is 5.91 Å². The molecule has 11 nitrogen and oxygen atoms in total. The van der Waals surface area contributed by atoms with E-state index in [0.717, 1.165) is 0 Å². The maximum Gasteiger partial charge on any atom is 0.337 e. The molecule has 11 heteroatoms. The van der Waals surface area contributed by atoms with Crippen LogP contribution in [0.25, 0.3) is 0 Å². The first-order chi connectivity index (χ1) is 15.3. The predicted molar refractivity (Wildman–Crippen MR) is 111 cm³/mol. The first-order valence-corrected chi connectivity index (χ1v) is 9.48. The Kier molecular flexibility index (Phi) is 6.78. The number of ether oxygens (including phenoxy) is 2. The molecular weight excluding hydrogens is 422 g/mol. The third-order valence-electron chi connectivity index (χ3n) is 4.75. The molecule has 2 aromatic carbocycles. The summed E-state index contributed by atoms with van der Waals surface area (Å²) in [6.45, 7) is -0.561. The normalized spacial score (nSPS) is 15.2. The van der Waals surface area contributed by atoms with E-state index in [-0.39, 0.29) is 24.6 Å². The van der Waals surface area contributed by atoms with Crippen LogP contribution in [-0.4, -0.2) is 48.9 Å². The molecule has 0 unspecified atom stereocenters. The van der Waals surface area contributed by atoms with Gasteiger partial charge in [-0.05, 0) is 30.3 Å². The van der Waals surface area contributed by atoms with Gasteiger partial charge in [-0.3, -0.25) is 24.5 Å². The average Bonchev–Trinajstić information content (AvgIpc) is 3.19. The minimum atomic E-state index is -0.797. The number of carbonyl (C=O) groups is 4. The van der Waals surface area contributed by atoms with E-state index in [0.29, 0.717) is 16.9 Å². The molecule has 1 saturated heterocycles. The first-order valence-electron chi connectivity index (χ1n) is 9.48. The number of hydrogen-bond donors (Lipinski definition) is 1. The Bertz CT molecular complexity index is 1070. The second-order valence-electron chi connectivity index (χ2n) is 6.91. The summed E-state index contributed by atoms with van der Waals surface area (Å²) in [5.41, 5.74) is 0.855. The number of rotatable bonds is 7. The number of nitrogens with zero attached hydrogens (tertiary/aromatic N) is 2. The van der Waals surface area contributed by atoms with Gasteiger partial charge in [-0.1, -0.05) is 6.07 Å². The van der Waals surface area contributed by atoms with E-state index < -0.39 is 35.3 Å². The zero-order valence-electron chi connectivity index (χ0n) is 17.0. The van der Waals surface area contributed by atoms with Gasteiger partial charge in [0.05, 0.1) is 29.2 Å². The maximum absolute atomic E-state index is 12.3. The molecule has 1 aliphatic heterocycles. The number of benzene rings is 2. The molecule has 0 bridgehead atoms. The van der Waals surface area contributed by atoms with E-state index in [9.17, 15) is 29.3 Å². The zero-order valence-corrected chi connectivity index (χ0v) is 17.0. The van der Waals surface area contributed by atoms with Gasteiger partial charge in [0.15, 0.2) is 6.61 Å². The fourth-order valence-corrected chi connectivity index (χ4v) is 3.15. The van der Waals surface area contributed by atoms with Crippen LogP contribution in [0.3, 0.4) is 0 Å². The molecule has 2 amide bonds. The van der Waals surface area contributed by atoms with Gasteiger partial charge in [0.25, 0.3) is 11.6 Å². The molecule has 1 fully saturated rings.